The Morgan fingerprint density at radius 2 is 1.89 bits per heavy atom. The molecule has 0 atom stereocenters. The van der Waals surface area contributed by atoms with E-state index in [1.165, 1.54) is 0 Å². The Morgan fingerprint density at radius 1 is 1.26 bits per heavy atom. The van der Waals surface area contributed by atoms with Gasteiger partial charge < -0.3 is 10.3 Å². The Bertz CT molecular complexity index is 669. The van der Waals surface area contributed by atoms with Gasteiger partial charge in [0.05, 0.1) is 10.7 Å². The smallest absolute Gasteiger partial charge is 0.186 e. The Balaban J connectivity index is 2.72. The second kappa shape index (κ2) is 4.83. The number of rotatable bonds is 2. The zero-order valence-electron chi connectivity index (χ0n) is 11.3. The fraction of sp³-hybridized carbons (Fsp3) is 0.267. The Morgan fingerprint density at radius 3 is 2.47 bits per heavy atom. The van der Waals surface area contributed by atoms with Crippen LogP contribution < -0.4 is 11.2 Å². The summed E-state index contributed by atoms with van der Waals surface area (Å²) in [6.07, 6.45) is 1.78. The van der Waals surface area contributed by atoms with Crippen molar-refractivity contribution in [1.29, 1.82) is 0 Å². The molecule has 2 N–H and O–H groups in total. The largest absolute Gasteiger partial charge is 0.322 e. The maximum atomic E-state index is 12.0. The Hall–Kier alpha value is -1.58. The van der Waals surface area contributed by atoms with E-state index in [0.29, 0.717) is 10.6 Å². The number of aromatic nitrogens is 1. The first-order chi connectivity index (χ1) is 8.80. The zero-order chi connectivity index (χ0) is 14.2. The molecule has 1 heterocycles. The monoisotopic (exact) mass is 276 g/mol. The van der Waals surface area contributed by atoms with E-state index in [4.69, 9.17) is 17.3 Å². The molecule has 0 spiro atoms. The number of benzene rings is 1. The van der Waals surface area contributed by atoms with Crippen molar-refractivity contribution in [3.05, 3.63) is 63.0 Å². The van der Waals surface area contributed by atoms with Gasteiger partial charge in [0, 0.05) is 29.1 Å². The van der Waals surface area contributed by atoms with Crippen molar-refractivity contribution in [1.82, 2.24) is 4.57 Å². The highest BCUT2D eigenvalue weighted by atomic mass is 35.5. The van der Waals surface area contributed by atoms with E-state index >= 15 is 0 Å². The van der Waals surface area contributed by atoms with Crippen LogP contribution in [0.4, 0.5) is 0 Å². The summed E-state index contributed by atoms with van der Waals surface area (Å²) in [5.74, 6) is 0. The number of nitrogens with two attached hydrogens (primary N) is 1. The first-order valence-electron chi connectivity index (χ1n) is 6.08. The van der Waals surface area contributed by atoms with Gasteiger partial charge in [0.1, 0.15) is 0 Å². The van der Waals surface area contributed by atoms with Crippen molar-refractivity contribution in [3.63, 3.8) is 0 Å². The van der Waals surface area contributed by atoms with Gasteiger partial charge in [-0.3, -0.25) is 4.79 Å². The quantitative estimate of drug-likeness (QED) is 0.917. The van der Waals surface area contributed by atoms with Crippen molar-refractivity contribution >= 4 is 11.6 Å². The number of pyridine rings is 1. The molecule has 2 aromatic rings. The minimum Gasteiger partial charge on any atom is -0.322 e. The predicted molar refractivity (Wildman–Crippen MR) is 79.0 cm³/mol. The van der Waals surface area contributed by atoms with Crippen LogP contribution in [0.1, 0.15) is 25.1 Å². The van der Waals surface area contributed by atoms with Crippen LogP contribution in [0.15, 0.2) is 41.3 Å². The van der Waals surface area contributed by atoms with Crippen molar-refractivity contribution < 1.29 is 0 Å². The molecule has 1 aromatic carbocycles. The average Bonchev–Trinajstić information content (AvgIpc) is 2.29. The summed E-state index contributed by atoms with van der Waals surface area (Å²) in [7, 11) is 0. The van der Waals surface area contributed by atoms with Crippen LogP contribution in [0.5, 0.6) is 0 Å². The fourth-order valence-electron chi connectivity index (χ4n) is 2.02. The van der Waals surface area contributed by atoms with Crippen molar-refractivity contribution in [2.24, 2.45) is 5.73 Å². The Labute approximate surface area is 117 Å². The number of aryl methyl sites for hydroxylation is 1. The van der Waals surface area contributed by atoms with Gasteiger partial charge >= 0.3 is 0 Å². The molecule has 3 nitrogen and oxygen atoms in total. The minimum atomic E-state index is -0.687. The fourth-order valence-corrected chi connectivity index (χ4v) is 2.25. The van der Waals surface area contributed by atoms with Gasteiger partial charge in [-0.25, -0.2) is 0 Å². The van der Waals surface area contributed by atoms with E-state index in [9.17, 15) is 4.79 Å². The van der Waals surface area contributed by atoms with E-state index in [1.54, 1.807) is 12.3 Å². The molecule has 100 valence electrons. The topological polar surface area (TPSA) is 48.0 Å². The molecule has 0 unspecified atom stereocenters. The molecule has 0 fully saturated rings. The molecule has 0 saturated heterocycles. The lowest BCUT2D eigenvalue weighted by atomic mass is 9.96. The number of hydrogen-bond acceptors (Lipinski definition) is 2. The highest BCUT2D eigenvalue weighted by Gasteiger charge is 2.19. The minimum absolute atomic E-state index is 0.0479. The number of nitrogens with zero attached hydrogens (tertiary/aromatic N) is 1. The number of para-hydroxylation sites is 1. The number of hydrogen-bond donors (Lipinski definition) is 1. The summed E-state index contributed by atoms with van der Waals surface area (Å²) < 4.78 is 1.90. The van der Waals surface area contributed by atoms with Gasteiger partial charge in [-0.2, -0.15) is 0 Å². The van der Waals surface area contributed by atoms with E-state index in [1.807, 2.05) is 49.6 Å². The summed E-state index contributed by atoms with van der Waals surface area (Å²) in [5, 5.41) is 0.634. The molecular formula is C15H17ClN2O. The van der Waals surface area contributed by atoms with Gasteiger partial charge in [-0.1, -0.05) is 23.7 Å². The lowest BCUT2D eigenvalue weighted by molar-refractivity contribution is 0.544. The van der Waals surface area contributed by atoms with E-state index in [-0.39, 0.29) is 5.43 Å². The van der Waals surface area contributed by atoms with Crippen LogP contribution in [0.25, 0.3) is 5.69 Å². The molecule has 4 heteroatoms. The molecule has 0 radical (unpaired) electrons. The van der Waals surface area contributed by atoms with E-state index < -0.39 is 5.54 Å². The lowest BCUT2D eigenvalue weighted by Crippen LogP contribution is -2.35. The highest BCUT2D eigenvalue weighted by molar-refractivity contribution is 6.32. The third kappa shape index (κ3) is 2.72. The van der Waals surface area contributed by atoms with E-state index in [0.717, 1.165) is 11.4 Å². The van der Waals surface area contributed by atoms with E-state index in [2.05, 4.69) is 0 Å². The predicted octanol–water partition coefficient (Wildman–Crippen LogP) is 2.99. The highest BCUT2D eigenvalue weighted by Crippen LogP contribution is 2.22. The summed E-state index contributed by atoms with van der Waals surface area (Å²) in [6, 6.07) is 9.10. The molecule has 1 aromatic heterocycles. The second-order valence-corrected chi connectivity index (χ2v) is 5.64. The van der Waals surface area contributed by atoms with Gasteiger partial charge in [0.25, 0.3) is 0 Å². The normalized spacial score (nSPS) is 11.6. The standard InChI is InChI=1S/C15H17ClN2O/c1-10-8-14(19)11(15(2,3)17)9-18(10)13-7-5-4-6-12(13)16/h4-9H,17H2,1-3H3. The van der Waals surface area contributed by atoms with Crippen molar-refractivity contribution in [2.75, 3.05) is 0 Å². The van der Waals surface area contributed by atoms with Gasteiger partial charge in [0.2, 0.25) is 0 Å². The van der Waals surface area contributed by atoms with Crippen LogP contribution in [0.3, 0.4) is 0 Å². The molecule has 0 saturated carbocycles. The maximum Gasteiger partial charge on any atom is 0.186 e. The summed E-state index contributed by atoms with van der Waals surface area (Å²) >= 11 is 6.21. The lowest BCUT2D eigenvalue weighted by Gasteiger charge is -2.21. The molecule has 0 bridgehead atoms. The van der Waals surface area contributed by atoms with Crippen molar-refractivity contribution in [2.45, 2.75) is 26.3 Å². The summed E-state index contributed by atoms with van der Waals surface area (Å²) in [5.41, 5.74) is 7.54. The summed E-state index contributed by atoms with van der Waals surface area (Å²) in [6.45, 7) is 5.50. The molecule has 0 aliphatic rings. The molecule has 0 amide bonds. The molecule has 0 aliphatic heterocycles. The van der Waals surface area contributed by atoms with Crippen molar-refractivity contribution in [3.8, 4) is 5.69 Å². The van der Waals surface area contributed by atoms with Crippen LogP contribution >= 0.6 is 11.6 Å². The average molecular weight is 277 g/mol. The van der Waals surface area contributed by atoms with Gasteiger partial charge in [-0.15, -0.1) is 0 Å². The molecule has 0 aliphatic carbocycles. The molecular weight excluding hydrogens is 260 g/mol. The number of halogens is 1. The second-order valence-electron chi connectivity index (χ2n) is 5.24. The SMILES string of the molecule is Cc1cc(=O)c(C(C)(C)N)cn1-c1ccccc1Cl. The Kier molecular flexibility index (Phi) is 3.52. The third-order valence-corrected chi connectivity index (χ3v) is 3.37. The van der Waals surface area contributed by atoms with Crippen LogP contribution in [0.2, 0.25) is 5.02 Å². The third-order valence-electron chi connectivity index (χ3n) is 3.05. The first-order valence-corrected chi connectivity index (χ1v) is 6.46. The molecule has 2 rings (SSSR count). The van der Waals surface area contributed by atoms with Crippen LogP contribution in [-0.4, -0.2) is 4.57 Å². The van der Waals surface area contributed by atoms with Gasteiger partial charge in [0.15, 0.2) is 5.43 Å². The maximum absolute atomic E-state index is 12.0. The van der Waals surface area contributed by atoms with Crippen LogP contribution in [-0.2, 0) is 5.54 Å². The summed E-state index contributed by atoms with van der Waals surface area (Å²) in [4.78, 5) is 12.0. The molecule has 19 heavy (non-hydrogen) atoms. The zero-order valence-corrected chi connectivity index (χ0v) is 12.0. The van der Waals surface area contributed by atoms with Gasteiger partial charge in [-0.05, 0) is 32.9 Å². The first kappa shape index (κ1) is 13.8. The van der Waals surface area contributed by atoms with Crippen LogP contribution in [0, 0.1) is 6.92 Å².